The SMILES string of the molecule is CCCC(Cl)CNS(=O)(=O)c1cn(CC)cn1. The fraction of sp³-hybridized carbons (Fsp3) is 0.700. The predicted molar refractivity (Wildman–Crippen MR) is 67.6 cm³/mol. The molecule has 5 nitrogen and oxygen atoms in total. The molecule has 0 bridgehead atoms. The van der Waals surface area contributed by atoms with Crippen LogP contribution in [0.5, 0.6) is 0 Å². The molecule has 0 saturated heterocycles. The highest BCUT2D eigenvalue weighted by Crippen LogP contribution is 2.08. The summed E-state index contributed by atoms with van der Waals surface area (Å²) in [6.45, 7) is 4.85. The van der Waals surface area contributed by atoms with Crippen LogP contribution in [0.3, 0.4) is 0 Å². The van der Waals surface area contributed by atoms with Crippen molar-refractivity contribution in [2.75, 3.05) is 6.54 Å². The lowest BCUT2D eigenvalue weighted by Gasteiger charge is -2.08. The third-order valence-electron chi connectivity index (χ3n) is 2.35. The van der Waals surface area contributed by atoms with Crippen molar-refractivity contribution in [1.29, 1.82) is 0 Å². The van der Waals surface area contributed by atoms with Crippen LogP contribution < -0.4 is 4.72 Å². The van der Waals surface area contributed by atoms with Gasteiger partial charge in [0.05, 0.1) is 6.33 Å². The fourth-order valence-corrected chi connectivity index (χ4v) is 2.76. The Bertz CT molecular complexity index is 444. The van der Waals surface area contributed by atoms with Crippen molar-refractivity contribution < 1.29 is 8.42 Å². The highest BCUT2D eigenvalue weighted by atomic mass is 35.5. The number of rotatable bonds is 7. The minimum absolute atomic E-state index is 0.0414. The molecule has 1 aromatic heterocycles. The molecule has 0 aromatic carbocycles. The number of nitrogens with zero attached hydrogens (tertiary/aromatic N) is 2. The van der Waals surface area contributed by atoms with Gasteiger partial charge in [0, 0.05) is 24.7 Å². The van der Waals surface area contributed by atoms with Crippen molar-refractivity contribution in [1.82, 2.24) is 14.3 Å². The molecule has 0 aliphatic carbocycles. The van der Waals surface area contributed by atoms with Gasteiger partial charge in [-0.1, -0.05) is 13.3 Å². The monoisotopic (exact) mass is 279 g/mol. The van der Waals surface area contributed by atoms with Crippen LogP contribution >= 0.6 is 11.6 Å². The third-order valence-corrected chi connectivity index (χ3v) is 4.03. The molecule has 17 heavy (non-hydrogen) atoms. The Morgan fingerprint density at radius 3 is 2.76 bits per heavy atom. The first-order valence-electron chi connectivity index (χ1n) is 5.65. The van der Waals surface area contributed by atoms with Gasteiger partial charge in [-0.25, -0.2) is 18.1 Å². The molecule has 1 N–H and O–H groups in total. The van der Waals surface area contributed by atoms with E-state index in [2.05, 4.69) is 9.71 Å². The molecular weight excluding hydrogens is 262 g/mol. The summed E-state index contributed by atoms with van der Waals surface area (Å²) in [7, 11) is -3.53. The first-order valence-corrected chi connectivity index (χ1v) is 7.57. The number of alkyl halides is 1. The molecular formula is C10H18ClN3O2S. The number of hydrogen-bond donors (Lipinski definition) is 1. The summed E-state index contributed by atoms with van der Waals surface area (Å²) in [5.41, 5.74) is 0. The lowest BCUT2D eigenvalue weighted by Crippen LogP contribution is -2.30. The van der Waals surface area contributed by atoms with Gasteiger partial charge in [-0.2, -0.15) is 0 Å². The van der Waals surface area contributed by atoms with E-state index >= 15 is 0 Å². The zero-order chi connectivity index (χ0) is 12.9. The molecule has 0 aliphatic heterocycles. The second-order valence-electron chi connectivity index (χ2n) is 3.78. The number of sulfonamides is 1. The Morgan fingerprint density at radius 1 is 1.53 bits per heavy atom. The Hall–Kier alpha value is -0.590. The van der Waals surface area contributed by atoms with Gasteiger partial charge in [0.2, 0.25) is 0 Å². The van der Waals surface area contributed by atoms with Crippen LogP contribution in [0.1, 0.15) is 26.7 Å². The average Bonchev–Trinajstić information content (AvgIpc) is 2.76. The number of halogens is 1. The van der Waals surface area contributed by atoms with Crippen LogP contribution in [-0.2, 0) is 16.6 Å². The molecule has 0 amide bonds. The van der Waals surface area contributed by atoms with Crippen LogP contribution in [0.15, 0.2) is 17.6 Å². The Labute approximate surface area is 107 Å². The second kappa shape index (κ2) is 6.37. The number of aryl methyl sites for hydroxylation is 1. The van der Waals surface area contributed by atoms with Crippen LogP contribution in [0, 0.1) is 0 Å². The van der Waals surface area contributed by atoms with Gasteiger partial charge in [-0.3, -0.25) is 0 Å². The zero-order valence-corrected chi connectivity index (χ0v) is 11.6. The maximum Gasteiger partial charge on any atom is 0.259 e. The smallest absolute Gasteiger partial charge is 0.259 e. The summed E-state index contributed by atoms with van der Waals surface area (Å²) in [5.74, 6) is 0. The van der Waals surface area contributed by atoms with E-state index in [0.717, 1.165) is 12.8 Å². The largest absolute Gasteiger partial charge is 0.336 e. The normalized spacial score (nSPS) is 13.8. The van der Waals surface area contributed by atoms with Crippen molar-refractivity contribution in [2.24, 2.45) is 0 Å². The van der Waals surface area contributed by atoms with Crippen LogP contribution in [0.4, 0.5) is 0 Å². The maximum absolute atomic E-state index is 11.8. The predicted octanol–water partition coefficient (Wildman–Crippen LogP) is 1.59. The van der Waals surface area contributed by atoms with Gasteiger partial charge in [0.25, 0.3) is 10.0 Å². The van der Waals surface area contributed by atoms with E-state index in [9.17, 15) is 8.42 Å². The van der Waals surface area contributed by atoms with Crippen molar-refractivity contribution in [2.45, 2.75) is 43.6 Å². The number of hydrogen-bond acceptors (Lipinski definition) is 3. The number of nitrogens with one attached hydrogen (secondary N) is 1. The van der Waals surface area contributed by atoms with Crippen molar-refractivity contribution in [3.63, 3.8) is 0 Å². The molecule has 98 valence electrons. The quantitative estimate of drug-likeness (QED) is 0.771. The minimum Gasteiger partial charge on any atom is -0.336 e. The standard InChI is InChI=1S/C10H18ClN3O2S/c1-3-5-9(11)6-13-17(15,16)10-7-14(4-2)8-12-10/h7-9,13H,3-6H2,1-2H3. The summed E-state index contributed by atoms with van der Waals surface area (Å²) in [4.78, 5) is 3.85. The number of imidazole rings is 1. The lowest BCUT2D eigenvalue weighted by atomic mass is 10.2. The Morgan fingerprint density at radius 2 is 2.24 bits per heavy atom. The molecule has 1 atom stereocenters. The summed E-state index contributed by atoms with van der Waals surface area (Å²) in [6.07, 6.45) is 4.72. The minimum atomic E-state index is -3.53. The van der Waals surface area contributed by atoms with Gasteiger partial charge < -0.3 is 4.57 Å². The van der Waals surface area contributed by atoms with Gasteiger partial charge >= 0.3 is 0 Å². The second-order valence-corrected chi connectivity index (χ2v) is 6.11. The molecule has 7 heteroatoms. The first kappa shape index (κ1) is 14.5. The summed E-state index contributed by atoms with van der Waals surface area (Å²) >= 11 is 5.95. The van der Waals surface area contributed by atoms with Gasteiger partial charge in [0.15, 0.2) is 5.03 Å². The molecule has 1 aromatic rings. The van der Waals surface area contributed by atoms with E-state index in [1.807, 2.05) is 13.8 Å². The first-order chi connectivity index (χ1) is 7.99. The fourth-order valence-electron chi connectivity index (χ4n) is 1.34. The summed E-state index contributed by atoms with van der Waals surface area (Å²) in [5, 5.41) is -0.136. The van der Waals surface area contributed by atoms with Crippen molar-refractivity contribution >= 4 is 21.6 Å². The molecule has 1 rings (SSSR count). The summed E-state index contributed by atoms with van der Waals surface area (Å²) in [6, 6.07) is 0. The van der Waals surface area contributed by atoms with E-state index < -0.39 is 10.0 Å². The van der Waals surface area contributed by atoms with Gasteiger partial charge in [-0.05, 0) is 13.3 Å². The van der Waals surface area contributed by atoms with E-state index in [4.69, 9.17) is 11.6 Å². The highest BCUT2D eigenvalue weighted by molar-refractivity contribution is 7.89. The van der Waals surface area contributed by atoms with Crippen LogP contribution in [0.25, 0.3) is 0 Å². The number of aromatic nitrogens is 2. The lowest BCUT2D eigenvalue weighted by molar-refractivity contribution is 0.573. The summed E-state index contributed by atoms with van der Waals surface area (Å²) < 4.78 is 27.8. The molecule has 1 heterocycles. The van der Waals surface area contributed by atoms with E-state index in [0.29, 0.717) is 6.54 Å². The zero-order valence-electron chi connectivity index (χ0n) is 10.1. The maximum atomic E-state index is 11.8. The van der Waals surface area contributed by atoms with Gasteiger partial charge in [-0.15, -0.1) is 11.6 Å². The van der Waals surface area contributed by atoms with Crippen molar-refractivity contribution in [3.8, 4) is 0 Å². The molecule has 0 aliphatic rings. The van der Waals surface area contributed by atoms with E-state index in [-0.39, 0.29) is 16.9 Å². The Kier molecular flexibility index (Phi) is 5.42. The molecule has 1 unspecified atom stereocenters. The topological polar surface area (TPSA) is 64.0 Å². The van der Waals surface area contributed by atoms with E-state index in [1.165, 1.54) is 12.5 Å². The molecule has 0 fully saturated rings. The molecule has 0 saturated carbocycles. The van der Waals surface area contributed by atoms with Gasteiger partial charge in [0.1, 0.15) is 0 Å². The molecule has 0 radical (unpaired) electrons. The molecule has 0 spiro atoms. The van der Waals surface area contributed by atoms with E-state index in [1.54, 1.807) is 4.57 Å². The average molecular weight is 280 g/mol. The Balaban J connectivity index is 2.62. The third kappa shape index (κ3) is 4.29. The van der Waals surface area contributed by atoms with Crippen LogP contribution in [-0.4, -0.2) is 29.9 Å². The highest BCUT2D eigenvalue weighted by Gasteiger charge is 2.18. The van der Waals surface area contributed by atoms with Crippen LogP contribution in [0.2, 0.25) is 0 Å². The van der Waals surface area contributed by atoms with Crippen molar-refractivity contribution in [3.05, 3.63) is 12.5 Å².